The van der Waals surface area contributed by atoms with Crippen LogP contribution in [0.5, 0.6) is 11.5 Å². The van der Waals surface area contributed by atoms with Crippen molar-refractivity contribution in [2.24, 2.45) is 0 Å². The van der Waals surface area contributed by atoms with Crippen LogP contribution in [0.2, 0.25) is 0 Å². The number of nitrogens with two attached hydrogens (primary N) is 3. The van der Waals surface area contributed by atoms with E-state index in [2.05, 4.69) is 25.3 Å². The molecule has 0 radical (unpaired) electrons. The molecule has 0 unspecified atom stereocenters. The molecule has 17 heteroatoms. The van der Waals surface area contributed by atoms with Crippen LogP contribution in [0, 0.1) is 10.1 Å². The second-order valence-corrected chi connectivity index (χ2v) is 11.5. The molecule has 2 rings (SSSR count). The van der Waals surface area contributed by atoms with E-state index in [0.717, 1.165) is 29.2 Å². The number of halogens is 1. The first-order valence-electron chi connectivity index (χ1n) is 12.3. The minimum atomic E-state index is -4.41. The number of quaternary nitrogens is 2. The molecule has 7 N–H and O–H groups in total. The average molecular weight is 659 g/mol. The van der Waals surface area contributed by atoms with Gasteiger partial charge in [0.25, 0.3) is 0 Å². The number of hydrogen-bond acceptors (Lipinski definition) is 12. The molecule has 0 heterocycles. The predicted octanol–water partition coefficient (Wildman–Crippen LogP) is -1.07. The van der Waals surface area contributed by atoms with Gasteiger partial charge >= 0.3 is 5.69 Å². The Balaban J connectivity index is -0.000000268. The second kappa shape index (κ2) is 22.4. The first kappa shape index (κ1) is 46.8. The van der Waals surface area contributed by atoms with Gasteiger partial charge in [-0.2, -0.15) is 0 Å². The lowest BCUT2D eigenvalue weighted by atomic mass is 10.2. The molecule has 0 amide bonds. The number of hydrogen-bond donors (Lipinski definition) is 4. The molecule has 0 saturated carbocycles. The predicted molar refractivity (Wildman–Crippen MR) is 166 cm³/mol. The zero-order valence-corrected chi connectivity index (χ0v) is 27.1. The van der Waals surface area contributed by atoms with Gasteiger partial charge in [-0.25, -0.2) is 8.42 Å². The second-order valence-electron chi connectivity index (χ2n) is 10.4. The quantitative estimate of drug-likeness (QED) is 0.0598. The summed E-state index contributed by atoms with van der Waals surface area (Å²) >= 11 is 0. The van der Waals surface area contributed by atoms with Crippen molar-refractivity contribution in [3.8, 4) is 11.5 Å². The van der Waals surface area contributed by atoms with Crippen LogP contribution in [0.3, 0.4) is 0 Å². The number of nitrogens with zero attached hydrogens (tertiary/aromatic N) is 3. The number of anilines is 3. The zero-order valence-electron chi connectivity index (χ0n) is 25.6. The van der Waals surface area contributed by atoms with Crippen LogP contribution >= 0.6 is 0 Å². The largest absolute Gasteiger partial charge is 1.00 e. The summed E-state index contributed by atoms with van der Waals surface area (Å²) < 4.78 is 43.6. The maximum absolute atomic E-state index is 10.8. The van der Waals surface area contributed by atoms with Gasteiger partial charge in [0.2, 0.25) is 10.4 Å². The lowest BCUT2D eigenvalue weighted by Gasteiger charge is -2.23. The van der Waals surface area contributed by atoms with Crippen LogP contribution < -0.4 is 39.1 Å². The molecule has 2 aromatic rings. The molecule has 0 spiro atoms. The van der Waals surface area contributed by atoms with E-state index in [-0.39, 0.29) is 37.9 Å². The lowest BCUT2D eigenvalue weighted by Crippen LogP contribution is -3.00. The summed E-state index contributed by atoms with van der Waals surface area (Å²) in [7, 11) is 8.82. The van der Waals surface area contributed by atoms with E-state index in [1.54, 1.807) is 25.1 Å². The zero-order chi connectivity index (χ0) is 32.4. The third-order valence-corrected chi connectivity index (χ3v) is 4.87. The van der Waals surface area contributed by atoms with E-state index < -0.39 is 15.3 Å². The number of nitro benzene ring substituents is 1. The molecule has 0 aliphatic carbocycles. The maximum atomic E-state index is 10.8. The van der Waals surface area contributed by atoms with Gasteiger partial charge in [0, 0.05) is 36.2 Å². The lowest BCUT2D eigenvalue weighted by molar-refractivity contribution is -0.870. The summed E-state index contributed by atoms with van der Waals surface area (Å²) in [6, 6.07) is 9.61. The van der Waals surface area contributed by atoms with Crippen molar-refractivity contribution in [2.75, 3.05) is 99.5 Å². The van der Waals surface area contributed by atoms with Crippen molar-refractivity contribution in [2.45, 2.75) is 14.4 Å². The molecule has 0 atom stereocenters. The number of aliphatic hydroxyl groups is 1. The van der Waals surface area contributed by atoms with Crippen LogP contribution in [0.15, 0.2) is 36.4 Å². The Bertz CT molecular complexity index is 1160. The molecule has 0 aromatic heterocycles. The summed E-state index contributed by atoms with van der Waals surface area (Å²) in [5, 5.41) is 18.3. The molecule has 2 aromatic carbocycles. The number of ether oxygens (including phenoxy) is 2. The van der Waals surface area contributed by atoms with E-state index >= 15 is 0 Å². The van der Waals surface area contributed by atoms with Crippen LogP contribution in [0.25, 0.3) is 0 Å². The van der Waals surface area contributed by atoms with Crippen molar-refractivity contribution in [3.05, 3.63) is 46.5 Å². The Kier molecular flexibility index (Phi) is 24.4. The molecule has 0 fully saturated rings. The van der Waals surface area contributed by atoms with E-state index in [4.69, 9.17) is 31.8 Å². The number of rotatable bonds is 10. The van der Waals surface area contributed by atoms with Crippen molar-refractivity contribution >= 4 is 33.1 Å². The fourth-order valence-electron chi connectivity index (χ4n) is 2.33. The average Bonchev–Trinajstić information content (AvgIpc) is 2.80. The van der Waals surface area contributed by atoms with Gasteiger partial charge < -0.3 is 57.7 Å². The van der Waals surface area contributed by atoms with Gasteiger partial charge in [0.1, 0.15) is 32.1 Å². The SMILES string of the molecule is C.CCO.COS(=O)(=O)[O-].C[N+](C)(C)CCOc1cc(N)ccc1N.C[N+](C)(C)CCOc1cc(N)ccc1[N+](=O)[O-].[Cl-]. The molecule has 0 aliphatic rings. The van der Waals surface area contributed by atoms with Crippen LogP contribution in [0.1, 0.15) is 14.4 Å². The smallest absolute Gasteiger partial charge is 0.311 e. The molecule has 0 bridgehead atoms. The number of aliphatic hydroxyl groups excluding tert-OH is 1. The van der Waals surface area contributed by atoms with Crippen molar-refractivity contribution in [1.82, 2.24) is 0 Å². The molecule has 15 nitrogen and oxygen atoms in total. The third-order valence-electron chi connectivity index (χ3n) is 4.46. The number of nitrogen functional groups attached to an aromatic ring is 3. The normalized spacial score (nSPS) is 10.5. The summed E-state index contributed by atoms with van der Waals surface area (Å²) in [6.45, 7) is 4.66. The van der Waals surface area contributed by atoms with Gasteiger partial charge in [-0.05, 0) is 25.1 Å². The Morgan fingerprint density at radius 3 is 1.56 bits per heavy atom. The fraction of sp³-hybridized carbons (Fsp3) is 0.538. The number of likely N-dealkylation sites (N-methyl/N-ethyl adjacent to an activating group) is 2. The Morgan fingerprint density at radius 2 is 1.21 bits per heavy atom. The van der Waals surface area contributed by atoms with E-state index in [0.29, 0.717) is 36.0 Å². The fourth-order valence-corrected chi connectivity index (χ4v) is 2.33. The summed E-state index contributed by atoms with van der Waals surface area (Å²) in [5.41, 5.74) is 18.7. The van der Waals surface area contributed by atoms with Gasteiger partial charge in [-0.15, -0.1) is 0 Å². The molecule has 0 saturated heterocycles. The van der Waals surface area contributed by atoms with Crippen molar-refractivity contribution < 1.29 is 58.0 Å². The highest BCUT2D eigenvalue weighted by molar-refractivity contribution is 7.80. The summed E-state index contributed by atoms with van der Waals surface area (Å²) in [5.74, 6) is 0.895. The van der Waals surface area contributed by atoms with Crippen LogP contribution in [-0.2, 0) is 14.6 Å². The minimum Gasteiger partial charge on any atom is -1.00 e. The number of benzene rings is 2. The van der Waals surface area contributed by atoms with E-state index in [1.165, 1.54) is 18.2 Å². The van der Waals surface area contributed by atoms with Crippen molar-refractivity contribution in [1.29, 1.82) is 0 Å². The van der Waals surface area contributed by atoms with Gasteiger partial charge in [0.15, 0.2) is 5.75 Å². The highest BCUT2D eigenvalue weighted by Gasteiger charge is 2.16. The van der Waals surface area contributed by atoms with Gasteiger partial charge in [-0.3, -0.25) is 14.3 Å². The molecule has 0 aliphatic heterocycles. The first-order chi connectivity index (χ1) is 18.7. The highest BCUT2D eigenvalue weighted by Crippen LogP contribution is 2.29. The highest BCUT2D eigenvalue weighted by atomic mass is 35.5. The van der Waals surface area contributed by atoms with Gasteiger partial charge in [0.05, 0.1) is 60.0 Å². The van der Waals surface area contributed by atoms with E-state index in [1.807, 2.05) is 21.1 Å². The summed E-state index contributed by atoms with van der Waals surface area (Å²) in [6.07, 6.45) is 0. The third kappa shape index (κ3) is 27.5. The van der Waals surface area contributed by atoms with Crippen molar-refractivity contribution in [3.63, 3.8) is 0 Å². The standard InChI is InChI=1S/C11H18N3O3.C11H20N3O.C2H6O.CH4O4S.CH4.ClH/c1-14(2,3)6-7-17-11-8-9(12)4-5-10(11)13(15)16;1-14(2,3)6-7-15-11-8-9(12)4-5-10(11)13;1-2-3;1-5-6(2,3)4;;/h4-5,8H,6-7,12H2,1-3H3;4-5,8H,6-7,12-13H2,1-3H3;3H,2H2,1H3;1H3,(H,2,3,4);1H4;1H/q2*+1;;;;/p-2. The maximum Gasteiger partial charge on any atom is 0.311 e. The monoisotopic (exact) mass is 658 g/mol. The Hall–Kier alpha value is -3.12. The molecular formula is C26H51ClN6O9S. The molecule has 252 valence electrons. The molecular weight excluding hydrogens is 608 g/mol. The topological polar surface area (TPSA) is 226 Å². The molecule has 43 heavy (non-hydrogen) atoms. The minimum absolute atomic E-state index is 0. The Labute approximate surface area is 262 Å². The number of nitro groups is 1. The van der Waals surface area contributed by atoms with E-state index in [9.17, 15) is 23.1 Å². The first-order valence-corrected chi connectivity index (χ1v) is 13.7. The summed E-state index contributed by atoms with van der Waals surface area (Å²) in [4.78, 5) is 10.3. The van der Waals surface area contributed by atoms with Crippen LogP contribution in [-0.4, -0.2) is 114 Å². The van der Waals surface area contributed by atoms with Gasteiger partial charge in [-0.1, -0.05) is 7.43 Å². The Morgan fingerprint density at radius 1 is 0.860 bits per heavy atom. The van der Waals surface area contributed by atoms with Crippen LogP contribution in [0.4, 0.5) is 22.7 Å².